The third kappa shape index (κ3) is 5.45. The van der Waals surface area contributed by atoms with Gasteiger partial charge in [0, 0.05) is 0 Å². The van der Waals surface area contributed by atoms with Gasteiger partial charge in [-0.3, -0.25) is 0 Å². The molecule has 0 radical (unpaired) electrons. The largest absolute Gasteiger partial charge is 0.464 e. The standard InChI is InChI=1S/C14H22N2O5/c1-6-7-9(16-13(18)21-14(2,3)4)11-15-10(8-20-11)12(17)19-5/h8-9H,6-7H2,1-5H3,(H,16,18). The fourth-order valence-corrected chi connectivity index (χ4v) is 1.64. The Labute approximate surface area is 124 Å². The summed E-state index contributed by atoms with van der Waals surface area (Å²) >= 11 is 0. The first-order valence-corrected chi connectivity index (χ1v) is 6.80. The fraction of sp³-hybridized carbons (Fsp3) is 0.643. The molecular formula is C14H22N2O5. The molecule has 1 heterocycles. The number of carbonyl (C=O) groups is 2. The Bertz CT molecular complexity index is 490. The summed E-state index contributed by atoms with van der Waals surface area (Å²) in [6.45, 7) is 7.31. The summed E-state index contributed by atoms with van der Waals surface area (Å²) in [5, 5.41) is 2.69. The maximum absolute atomic E-state index is 11.8. The molecule has 0 fully saturated rings. The molecule has 118 valence electrons. The number of methoxy groups -OCH3 is 1. The number of ether oxygens (including phenoxy) is 2. The lowest BCUT2D eigenvalue weighted by atomic mass is 10.1. The van der Waals surface area contributed by atoms with E-state index >= 15 is 0 Å². The first-order valence-electron chi connectivity index (χ1n) is 6.80. The van der Waals surface area contributed by atoms with Crippen LogP contribution in [0.3, 0.4) is 0 Å². The minimum Gasteiger partial charge on any atom is -0.464 e. The number of hydrogen-bond acceptors (Lipinski definition) is 6. The molecule has 0 bridgehead atoms. The zero-order valence-corrected chi connectivity index (χ0v) is 13.1. The number of oxazole rings is 1. The van der Waals surface area contributed by atoms with Crippen molar-refractivity contribution in [2.45, 2.75) is 52.2 Å². The van der Waals surface area contributed by atoms with E-state index in [4.69, 9.17) is 9.15 Å². The van der Waals surface area contributed by atoms with Crippen LogP contribution < -0.4 is 5.32 Å². The zero-order valence-electron chi connectivity index (χ0n) is 13.1. The average Bonchev–Trinajstić information content (AvgIpc) is 2.84. The van der Waals surface area contributed by atoms with Gasteiger partial charge >= 0.3 is 12.1 Å². The van der Waals surface area contributed by atoms with Crippen LogP contribution in [0.25, 0.3) is 0 Å². The molecule has 1 N–H and O–H groups in total. The molecule has 1 aromatic heterocycles. The zero-order chi connectivity index (χ0) is 16.0. The maximum atomic E-state index is 11.8. The van der Waals surface area contributed by atoms with Gasteiger partial charge in [-0.05, 0) is 27.2 Å². The number of nitrogens with zero attached hydrogens (tertiary/aromatic N) is 1. The molecule has 0 aliphatic rings. The quantitative estimate of drug-likeness (QED) is 0.840. The third-order valence-corrected chi connectivity index (χ3v) is 2.48. The highest BCUT2D eigenvalue weighted by atomic mass is 16.6. The van der Waals surface area contributed by atoms with Crippen LogP contribution >= 0.6 is 0 Å². The monoisotopic (exact) mass is 298 g/mol. The van der Waals surface area contributed by atoms with Crippen molar-refractivity contribution >= 4 is 12.1 Å². The van der Waals surface area contributed by atoms with Crippen LogP contribution in [-0.2, 0) is 9.47 Å². The number of aromatic nitrogens is 1. The van der Waals surface area contributed by atoms with E-state index in [2.05, 4.69) is 15.0 Å². The van der Waals surface area contributed by atoms with Crippen molar-refractivity contribution in [3.8, 4) is 0 Å². The van der Waals surface area contributed by atoms with Crippen LogP contribution in [-0.4, -0.2) is 29.8 Å². The Morgan fingerprint density at radius 2 is 2.10 bits per heavy atom. The Morgan fingerprint density at radius 1 is 1.43 bits per heavy atom. The molecule has 0 spiro atoms. The van der Waals surface area contributed by atoms with Gasteiger partial charge in [-0.15, -0.1) is 0 Å². The molecule has 0 saturated heterocycles. The summed E-state index contributed by atoms with van der Waals surface area (Å²) in [6, 6.07) is -0.455. The number of esters is 1. The molecule has 21 heavy (non-hydrogen) atoms. The molecule has 0 aliphatic heterocycles. The third-order valence-electron chi connectivity index (χ3n) is 2.48. The topological polar surface area (TPSA) is 90.7 Å². The van der Waals surface area contributed by atoms with Gasteiger partial charge < -0.3 is 19.2 Å². The van der Waals surface area contributed by atoms with Crippen molar-refractivity contribution < 1.29 is 23.5 Å². The van der Waals surface area contributed by atoms with Crippen LogP contribution in [0.5, 0.6) is 0 Å². The van der Waals surface area contributed by atoms with Crippen molar-refractivity contribution in [1.29, 1.82) is 0 Å². The summed E-state index contributed by atoms with van der Waals surface area (Å²) in [5.41, 5.74) is -0.520. The summed E-state index contributed by atoms with van der Waals surface area (Å²) in [6.07, 6.45) is 2.07. The Morgan fingerprint density at radius 3 is 2.62 bits per heavy atom. The molecule has 1 amide bonds. The van der Waals surface area contributed by atoms with Gasteiger partial charge in [-0.2, -0.15) is 0 Å². The lowest BCUT2D eigenvalue weighted by Crippen LogP contribution is -2.35. The number of amides is 1. The van der Waals surface area contributed by atoms with E-state index in [0.717, 1.165) is 6.42 Å². The number of hydrogen-bond donors (Lipinski definition) is 1. The molecular weight excluding hydrogens is 276 g/mol. The van der Waals surface area contributed by atoms with Gasteiger partial charge in [0.1, 0.15) is 17.9 Å². The van der Waals surface area contributed by atoms with Gasteiger partial charge in [0.15, 0.2) is 5.69 Å². The number of alkyl carbamates (subject to hydrolysis) is 1. The lowest BCUT2D eigenvalue weighted by molar-refractivity contribution is 0.0492. The molecule has 0 aromatic carbocycles. The molecule has 7 heteroatoms. The summed E-state index contributed by atoms with van der Waals surface area (Å²) < 4.78 is 15.0. The van der Waals surface area contributed by atoms with Crippen LogP contribution in [0, 0.1) is 0 Å². The highest BCUT2D eigenvalue weighted by Gasteiger charge is 2.24. The lowest BCUT2D eigenvalue weighted by Gasteiger charge is -2.22. The fourth-order valence-electron chi connectivity index (χ4n) is 1.64. The van der Waals surface area contributed by atoms with Crippen molar-refractivity contribution in [1.82, 2.24) is 10.3 Å². The van der Waals surface area contributed by atoms with Crippen LogP contribution in [0.2, 0.25) is 0 Å². The second-order valence-corrected chi connectivity index (χ2v) is 5.55. The van der Waals surface area contributed by atoms with E-state index in [1.54, 1.807) is 20.8 Å². The van der Waals surface area contributed by atoms with Gasteiger partial charge in [-0.25, -0.2) is 14.6 Å². The van der Waals surface area contributed by atoms with Crippen molar-refractivity contribution in [2.24, 2.45) is 0 Å². The Hall–Kier alpha value is -2.05. The van der Waals surface area contributed by atoms with E-state index in [1.165, 1.54) is 13.4 Å². The smallest absolute Gasteiger partial charge is 0.408 e. The number of nitrogens with one attached hydrogen (secondary N) is 1. The minimum absolute atomic E-state index is 0.0691. The average molecular weight is 298 g/mol. The van der Waals surface area contributed by atoms with Crippen molar-refractivity contribution in [2.75, 3.05) is 7.11 Å². The molecule has 1 atom stereocenters. The highest BCUT2D eigenvalue weighted by molar-refractivity contribution is 5.86. The number of rotatable bonds is 5. The maximum Gasteiger partial charge on any atom is 0.408 e. The first-order chi connectivity index (χ1) is 9.76. The highest BCUT2D eigenvalue weighted by Crippen LogP contribution is 2.19. The first kappa shape index (κ1) is 17.0. The van der Waals surface area contributed by atoms with E-state index in [9.17, 15) is 9.59 Å². The van der Waals surface area contributed by atoms with Gasteiger partial charge in [0.25, 0.3) is 0 Å². The molecule has 0 saturated carbocycles. The second kappa shape index (κ2) is 7.10. The Balaban J connectivity index is 2.79. The molecule has 1 unspecified atom stereocenters. The molecule has 7 nitrogen and oxygen atoms in total. The van der Waals surface area contributed by atoms with E-state index in [-0.39, 0.29) is 11.6 Å². The predicted octanol–water partition coefficient (Wildman–Crippen LogP) is 2.83. The number of carbonyl (C=O) groups excluding carboxylic acids is 2. The van der Waals surface area contributed by atoms with Gasteiger partial charge in [0.05, 0.1) is 7.11 Å². The van der Waals surface area contributed by atoms with Crippen molar-refractivity contribution in [3.05, 3.63) is 17.8 Å². The van der Waals surface area contributed by atoms with Gasteiger partial charge in [-0.1, -0.05) is 13.3 Å². The summed E-state index contributed by atoms with van der Waals surface area (Å²) in [5.74, 6) is -0.333. The van der Waals surface area contributed by atoms with E-state index < -0.39 is 23.7 Å². The van der Waals surface area contributed by atoms with Gasteiger partial charge in [0.2, 0.25) is 5.89 Å². The normalized spacial score (nSPS) is 12.6. The molecule has 0 aliphatic carbocycles. The summed E-state index contributed by atoms with van der Waals surface area (Å²) in [4.78, 5) is 27.2. The molecule has 1 rings (SSSR count). The van der Waals surface area contributed by atoms with Crippen molar-refractivity contribution in [3.63, 3.8) is 0 Å². The molecule has 1 aromatic rings. The predicted molar refractivity (Wildman–Crippen MR) is 74.9 cm³/mol. The van der Waals surface area contributed by atoms with Crippen LogP contribution in [0.15, 0.2) is 10.7 Å². The van der Waals surface area contributed by atoms with E-state index in [0.29, 0.717) is 6.42 Å². The second-order valence-electron chi connectivity index (χ2n) is 5.55. The van der Waals surface area contributed by atoms with Crippen LogP contribution in [0.1, 0.15) is 63.0 Å². The Kier molecular flexibility index (Phi) is 5.75. The SMILES string of the molecule is CCCC(NC(=O)OC(C)(C)C)c1nc(C(=O)OC)co1. The van der Waals surface area contributed by atoms with E-state index in [1.807, 2.05) is 6.92 Å². The summed E-state index contributed by atoms with van der Waals surface area (Å²) in [7, 11) is 1.26. The van der Waals surface area contributed by atoms with Crippen LogP contribution in [0.4, 0.5) is 4.79 Å². The minimum atomic E-state index is -0.589.